The second-order valence-corrected chi connectivity index (χ2v) is 8.36. The summed E-state index contributed by atoms with van der Waals surface area (Å²) in [6.07, 6.45) is 6.39. The van der Waals surface area contributed by atoms with Crippen LogP contribution in [-0.2, 0) is 16.0 Å². The number of carbonyl (C=O) groups is 2. The highest BCUT2D eigenvalue weighted by Gasteiger charge is 2.32. The van der Waals surface area contributed by atoms with Crippen LogP contribution in [0.1, 0.15) is 34.8 Å². The van der Waals surface area contributed by atoms with Crippen molar-refractivity contribution in [3.63, 3.8) is 0 Å². The molecule has 4 rings (SSSR count). The molecule has 1 N–H and O–H groups in total. The summed E-state index contributed by atoms with van der Waals surface area (Å²) in [4.78, 5) is 32.3. The number of rotatable bonds is 8. The number of pyridine rings is 1. The van der Waals surface area contributed by atoms with Crippen LogP contribution in [0.5, 0.6) is 5.75 Å². The molecule has 3 aromatic rings. The summed E-state index contributed by atoms with van der Waals surface area (Å²) in [7, 11) is 1.62. The van der Waals surface area contributed by atoms with E-state index in [1.165, 1.54) is 0 Å². The molecule has 2 aromatic carbocycles. The number of aromatic nitrogens is 1. The lowest BCUT2D eigenvalue weighted by atomic mass is 9.98. The van der Waals surface area contributed by atoms with E-state index in [1.807, 2.05) is 79.7 Å². The van der Waals surface area contributed by atoms with Crippen LogP contribution < -0.4 is 10.1 Å². The molecule has 0 aliphatic carbocycles. The predicted molar refractivity (Wildman–Crippen MR) is 131 cm³/mol. The number of aryl methyl sites for hydroxylation is 2. The lowest BCUT2D eigenvalue weighted by molar-refractivity contribution is -0.137. The number of carbonyl (C=O) groups excluding carboxylic acids is 2. The Bertz CT molecular complexity index is 1160. The van der Waals surface area contributed by atoms with Crippen molar-refractivity contribution in [1.82, 2.24) is 15.2 Å². The maximum Gasteiger partial charge on any atom is 0.247 e. The predicted octanol–water partition coefficient (Wildman–Crippen LogP) is 4.00. The van der Waals surface area contributed by atoms with Gasteiger partial charge in [-0.3, -0.25) is 14.6 Å². The van der Waals surface area contributed by atoms with Crippen LogP contribution in [0.2, 0.25) is 0 Å². The first-order valence-corrected chi connectivity index (χ1v) is 11.4. The minimum Gasteiger partial charge on any atom is -0.497 e. The van der Waals surface area contributed by atoms with Gasteiger partial charge in [0.05, 0.1) is 13.2 Å². The third-order valence-electron chi connectivity index (χ3n) is 5.99. The van der Waals surface area contributed by atoms with Crippen LogP contribution in [0.3, 0.4) is 0 Å². The Morgan fingerprint density at radius 1 is 1.09 bits per heavy atom. The van der Waals surface area contributed by atoms with Gasteiger partial charge in [-0.1, -0.05) is 60.7 Å². The van der Waals surface area contributed by atoms with Crippen LogP contribution in [0.4, 0.5) is 0 Å². The molecule has 2 heterocycles. The zero-order chi connectivity index (χ0) is 23.9. The van der Waals surface area contributed by atoms with Gasteiger partial charge in [0.25, 0.3) is 0 Å². The molecule has 0 saturated heterocycles. The van der Waals surface area contributed by atoms with Gasteiger partial charge in [-0.2, -0.15) is 0 Å². The molecule has 0 radical (unpaired) electrons. The average molecular weight is 456 g/mol. The van der Waals surface area contributed by atoms with Gasteiger partial charge in [0, 0.05) is 24.9 Å². The van der Waals surface area contributed by atoms with Gasteiger partial charge in [-0.05, 0) is 48.2 Å². The molecule has 6 nitrogen and oxygen atoms in total. The number of nitrogens with one attached hydrogen (secondary N) is 1. The third-order valence-corrected chi connectivity index (χ3v) is 5.99. The zero-order valence-corrected chi connectivity index (χ0v) is 19.5. The largest absolute Gasteiger partial charge is 0.497 e. The van der Waals surface area contributed by atoms with E-state index in [9.17, 15) is 9.59 Å². The Kier molecular flexibility index (Phi) is 7.38. The normalized spacial score (nSPS) is 15.7. The first-order valence-electron chi connectivity index (χ1n) is 11.4. The van der Waals surface area contributed by atoms with Gasteiger partial charge in [-0.15, -0.1) is 0 Å². The molecule has 1 aliphatic heterocycles. The highest BCUT2D eigenvalue weighted by molar-refractivity contribution is 5.90. The van der Waals surface area contributed by atoms with E-state index in [4.69, 9.17) is 4.74 Å². The highest BCUT2D eigenvalue weighted by Crippen LogP contribution is 2.26. The fourth-order valence-corrected chi connectivity index (χ4v) is 4.10. The molecular formula is C28H29N3O3. The number of hydrogen-bond acceptors (Lipinski definition) is 4. The maximum absolute atomic E-state index is 13.4. The molecule has 34 heavy (non-hydrogen) atoms. The van der Waals surface area contributed by atoms with Gasteiger partial charge < -0.3 is 15.0 Å². The lowest BCUT2D eigenvalue weighted by Gasteiger charge is -2.27. The first-order chi connectivity index (χ1) is 16.5. The fraction of sp³-hybridized carbons (Fsp3) is 0.250. The summed E-state index contributed by atoms with van der Waals surface area (Å²) in [6.45, 7) is 2.36. The van der Waals surface area contributed by atoms with Crippen molar-refractivity contribution in [3.05, 3.63) is 107 Å². The molecule has 0 saturated carbocycles. The van der Waals surface area contributed by atoms with Crippen LogP contribution in [0.25, 0.3) is 0 Å². The van der Waals surface area contributed by atoms with E-state index in [-0.39, 0.29) is 17.9 Å². The van der Waals surface area contributed by atoms with Crippen LogP contribution in [-0.4, -0.2) is 41.4 Å². The van der Waals surface area contributed by atoms with Gasteiger partial charge in [-0.25, -0.2) is 0 Å². The van der Waals surface area contributed by atoms with Crippen molar-refractivity contribution >= 4 is 11.8 Å². The number of methoxy groups -OCH3 is 1. The van der Waals surface area contributed by atoms with Crippen LogP contribution >= 0.6 is 0 Å². The number of hydrogen-bond donors (Lipinski definition) is 1. The number of benzene rings is 2. The third kappa shape index (κ3) is 5.52. The zero-order valence-electron chi connectivity index (χ0n) is 19.5. The summed E-state index contributed by atoms with van der Waals surface area (Å²) in [5.74, 6) is 0.454. The molecule has 1 aromatic heterocycles. The van der Waals surface area contributed by atoms with E-state index in [0.717, 1.165) is 28.1 Å². The molecular weight excluding hydrogens is 426 g/mol. The van der Waals surface area contributed by atoms with Gasteiger partial charge >= 0.3 is 0 Å². The van der Waals surface area contributed by atoms with E-state index in [1.54, 1.807) is 24.3 Å². The molecule has 2 amide bonds. The minimum absolute atomic E-state index is 0.0524. The quantitative estimate of drug-likeness (QED) is 0.521. The van der Waals surface area contributed by atoms with Gasteiger partial charge in [0.15, 0.2) is 0 Å². The summed E-state index contributed by atoms with van der Waals surface area (Å²) in [5.41, 5.74) is 3.82. The second-order valence-electron chi connectivity index (χ2n) is 8.36. The smallest absolute Gasteiger partial charge is 0.247 e. The van der Waals surface area contributed by atoms with Gasteiger partial charge in [0.1, 0.15) is 11.8 Å². The monoisotopic (exact) mass is 455 g/mol. The molecule has 0 bridgehead atoms. The summed E-state index contributed by atoms with van der Waals surface area (Å²) >= 11 is 0. The van der Waals surface area contributed by atoms with Crippen molar-refractivity contribution in [2.24, 2.45) is 0 Å². The Morgan fingerprint density at radius 2 is 1.88 bits per heavy atom. The molecule has 6 heteroatoms. The summed E-state index contributed by atoms with van der Waals surface area (Å²) in [6, 6.07) is 20.4. The number of amides is 2. The molecule has 0 fully saturated rings. The van der Waals surface area contributed by atoms with Gasteiger partial charge in [0.2, 0.25) is 11.8 Å². The number of ether oxygens (including phenoxy) is 1. The standard InChI is InChI=1S/C28H29N3O3/c1-20-13-14-21(19-29-20)15-16-26(32)31-17-7-12-25(31)28(33)30-27(22-8-4-3-5-9-22)23-10-6-11-24(18-23)34-2/h3-14,18-19,25,27H,15-17H2,1-2H3,(H,30,33)/t25-,27?/m1/s1. The van der Waals surface area contributed by atoms with E-state index >= 15 is 0 Å². The summed E-state index contributed by atoms with van der Waals surface area (Å²) in [5, 5.41) is 3.16. The lowest BCUT2D eigenvalue weighted by Crippen LogP contribution is -2.47. The minimum atomic E-state index is -0.638. The Hall–Kier alpha value is -3.93. The average Bonchev–Trinajstić information content (AvgIpc) is 3.37. The topological polar surface area (TPSA) is 71.5 Å². The molecule has 0 spiro atoms. The molecule has 2 atom stereocenters. The fourth-order valence-electron chi connectivity index (χ4n) is 4.10. The van der Waals surface area contributed by atoms with E-state index in [2.05, 4.69) is 10.3 Å². The van der Waals surface area contributed by atoms with Crippen molar-refractivity contribution in [1.29, 1.82) is 0 Å². The molecule has 1 unspecified atom stereocenters. The summed E-state index contributed by atoms with van der Waals surface area (Å²) < 4.78 is 5.38. The van der Waals surface area contributed by atoms with Crippen molar-refractivity contribution in [3.8, 4) is 5.75 Å². The first kappa shape index (κ1) is 23.2. The van der Waals surface area contributed by atoms with Crippen molar-refractivity contribution in [2.75, 3.05) is 13.7 Å². The van der Waals surface area contributed by atoms with E-state index in [0.29, 0.717) is 19.4 Å². The maximum atomic E-state index is 13.4. The number of nitrogens with zero attached hydrogens (tertiary/aromatic N) is 2. The van der Waals surface area contributed by atoms with E-state index < -0.39 is 6.04 Å². The second kappa shape index (κ2) is 10.8. The SMILES string of the molecule is COc1cccc(C(NC(=O)[C@H]2C=CCN2C(=O)CCc2ccc(C)nc2)c2ccccc2)c1. The van der Waals surface area contributed by atoms with Crippen LogP contribution in [0.15, 0.2) is 85.1 Å². The van der Waals surface area contributed by atoms with Crippen LogP contribution in [0, 0.1) is 6.92 Å². The molecule has 1 aliphatic rings. The highest BCUT2D eigenvalue weighted by atomic mass is 16.5. The van der Waals surface area contributed by atoms with Crippen molar-refractivity contribution in [2.45, 2.75) is 31.8 Å². The molecule has 174 valence electrons. The Labute approximate surface area is 200 Å². The van der Waals surface area contributed by atoms with Crippen molar-refractivity contribution < 1.29 is 14.3 Å². The Balaban J connectivity index is 1.48. The Morgan fingerprint density at radius 3 is 2.62 bits per heavy atom.